The molecular formula is C14H19ClFN3O. The zero-order valence-electron chi connectivity index (χ0n) is 11.6. The van der Waals surface area contributed by atoms with Crippen LogP contribution in [0, 0.1) is 5.82 Å². The molecule has 20 heavy (non-hydrogen) atoms. The molecule has 0 spiro atoms. The summed E-state index contributed by atoms with van der Waals surface area (Å²) in [5, 5.41) is 5.93. The first-order valence-corrected chi connectivity index (χ1v) is 7.00. The van der Waals surface area contributed by atoms with Gasteiger partial charge in [-0.25, -0.2) is 4.39 Å². The molecule has 0 bridgehead atoms. The molecule has 1 heterocycles. The van der Waals surface area contributed by atoms with Crippen molar-refractivity contribution >= 4 is 17.5 Å². The number of nitrogens with one attached hydrogen (secondary N) is 2. The quantitative estimate of drug-likeness (QED) is 0.887. The minimum atomic E-state index is -0.426. The van der Waals surface area contributed by atoms with E-state index in [4.69, 9.17) is 11.6 Å². The van der Waals surface area contributed by atoms with Crippen molar-refractivity contribution in [1.29, 1.82) is 0 Å². The molecule has 0 aliphatic carbocycles. The standard InChI is InChI=1S/C14H19ClFN3O/c1-17-8-13(20)18-12-5-6-19(2)14(12)9-3-4-10(15)11(16)7-9/h3-4,7,12,14,17H,5-6,8H2,1-2H3,(H,18,20). The van der Waals surface area contributed by atoms with Crippen molar-refractivity contribution in [2.75, 3.05) is 27.2 Å². The third-order valence-electron chi connectivity index (χ3n) is 3.62. The van der Waals surface area contributed by atoms with Crippen molar-refractivity contribution in [2.45, 2.75) is 18.5 Å². The summed E-state index contributed by atoms with van der Waals surface area (Å²) >= 11 is 5.72. The Morgan fingerprint density at radius 3 is 2.95 bits per heavy atom. The third-order valence-corrected chi connectivity index (χ3v) is 3.92. The maximum atomic E-state index is 13.6. The fraction of sp³-hybridized carbons (Fsp3) is 0.500. The van der Waals surface area contributed by atoms with E-state index in [0.29, 0.717) is 0 Å². The van der Waals surface area contributed by atoms with Crippen molar-refractivity contribution in [2.24, 2.45) is 0 Å². The van der Waals surface area contributed by atoms with Crippen LogP contribution in [-0.4, -0.2) is 44.0 Å². The molecule has 1 aliphatic heterocycles. The first-order chi connectivity index (χ1) is 9.52. The van der Waals surface area contributed by atoms with Crippen LogP contribution in [0.2, 0.25) is 5.02 Å². The Morgan fingerprint density at radius 1 is 1.55 bits per heavy atom. The summed E-state index contributed by atoms with van der Waals surface area (Å²) < 4.78 is 13.6. The Balaban J connectivity index is 2.17. The van der Waals surface area contributed by atoms with Crippen LogP contribution >= 0.6 is 11.6 Å². The fourth-order valence-electron chi connectivity index (χ4n) is 2.70. The molecule has 1 fully saturated rings. The number of amides is 1. The van der Waals surface area contributed by atoms with Gasteiger partial charge < -0.3 is 10.6 Å². The highest BCUT2D eigenvalue weighted by Crippen LogP contribution is 2.32. The summed E-state index contributed by atoms with van der Waals surface area (Å²) in [6, 6.07) is 4.79. The van der Waals surface area contributed by atoms with Crippen LogP contribution in [0.25, 0.3) is 0 Å². The molecule has 2 unspecified atom stereocenters. The van der Waals surface area contributed by atoms with Gasteiger partial charge in [-0.3, -0.25) is 9.69 Å². The van der Waals surface area contributed by atoms with E-state index in [1.165, 1.54) is 6.07 Å². The van der Waals surface area contributed by atoms with Crippen molar-refractivity contribution in [3.63, 3.8) is 0 Å². The molecule has 110 valence electrons. The Labute approximate surface area is 123 Å². The van der Waals surface area contributed by atoms with Crippen molar-refractivity contribution in [1.82, 2.24) is 15.5 Å². The van der Waals surface area contributed by atoms with E-state index in [-0.39, 0.29) is 29.6 Å². The molecular weight excluding hydrogens is 281 g/mol. The van der Waals surface area contributed by atoms with Crippen LogP contribution < -0.4 is 10.6 Å². The normalized spacial score (nSPS) is 23.0. The predicted molar refractivity (Wildman–Crippen MR) is 77.3 cm³/mol. The lowest BCUT2D eigenvalue weighted by Gasteiger charge is -2.26. The van der Waals surface area contributed by atoms with E-state index in [1.54, 1.807) is 13.1 Å². The zero-order valence-corrected chi connectivity index (χ0v) is 12.4. The molecule has 6 heteroatoms. The minimum absolute atomic E-state index is 0.0126. The van der Waals surface area contributed by atoms with Gasteiger partial charge in [-0.2, -0.15) is 0 Å². The second kappa shape index (κ2) is 6.52. The van der Waals surface area contributed by atoms with Gasteiger partial charge in [-0.15, -0.1) is 0 Å². The van der Waals surface area contributed by atoms with E-state index >= 15 is 0 Å². The Kier molecular flexibility index (Phi) is 4.96. The molecule has 0 saturated carbocycles. The van der Waals surface area contributed by atoms with Gasteiger partial charge in [0.25, 0.3) is 0 Å². The lowest BCUT2D eigenvalue weighted by Crippen LogP contribution is -2.42. The zero-order chi connectivity index (χ0) is 14.7. The molecule has 0 radical (unpaired) electrons. The Morgan fingerprint density at radius 2 is 2.30 bits per heavy atom. The lowest BCUT2D eigenvalue weighted by molar-refractivity contribution is -0.121. The van der Waals surface area contributed by atoms with E-state index in [9.17, 15) is 9.18 Å². The molecule has 1 aliphatic rings. The monoisotopic (exact) mass is 299 g/mol. The van der Waals surface area contributed by atoms with Gasteiger partial charge in [0.05, 0.1) is 17.6 Å². The van der Waals surface area contributed by atoms with E-state index < -0.39 is 5.82 Å². The SMILES string of the molecule is CNCC(=O)NC1CCN(C)C1c1ccc(Cl)c(F)c1. The maximum Gasteiger partial charge on any atom is 0.234 e. The van der Waals surface area contributed by atoms with Crippen molar-refractivity contribution < 1.29 is 9.18 Å². The number of carbonyl (C=O) groups is 1. The Hall–Kier alpha value is -1.17. The highest BCUT2D eigenvalue weighted by atomic mass is 35.5. The number of rotatable bonds is 4. The van der Waals surface area contributed by atoms with E-state index in [2.05, 4.69) is 15.5 Å². The largest absolute Gasteiger partial charge is 0.350 e. The lowest BCUT2D eigenvalue weighted by atomic mass is 10.00. The first-order valence-electron chi connectivity index (χ1n) is 6.62. The maximum absolute atomic E-state index is 13.6. The predicted octanol–water partition coefficient (Wildman–Crippen LogP) is 1.56. The number of nitrogens with zero attached hydrogens (tertiary/aromatic N) is 1. The van der Waals surface area contributed by atoms with Gasteiger partial charge in [-0.1, -0.05) is 17.7 Å². The highest BCUT2D eigenvalue weighted by Gasteiger charge is 2.34. The minimum Gasteiger partial charge on any atom is -0.350 e. The fourth-order valence-corrected chi connectivity index (χ4v) is 2.82. The first kappa shape index (κ1) is 15.2. The van der Waals surface area contributed by atoms with Gasteiger partial charge in [0.1, 0.15) is 5.82 Å². The molecule has 1 aromatic rings. The summed E-state index contributed by atoms with van der Waals surface area (Å²) in [6.07, 6.45) is 0.848. The summed E-state index contributed by atoms with van der Waals surface area (Å²) in [5.74, 6) is -0.475. The molecule has 4 nitrogen and oxygen atoms in total. The van der Waals surface area contributed by atoms with Crippen LogP contribution in [0.5, 0.6) is 0 Å². The summed E-state index contributed by atoms with van der Waals surface area (Å²) in [7, 11) is 3.70. The average Bonchev–Trinajstić information content (AvgIpc) is 2.74. The van der Waals surface area contributed by atoms with Gasteiger partial charge in [0, 0.05) is 12.6 Å². The van der Waals surface area contributed by atoms with Crippen LogP contribution in [0.1, 0.15) is 18.0 Å². The van der Waals surface area contributed by atoms with E-state index in [0.717, 1.165) is 18.5 Å². The van der Waals surface area contributed by atoms with Crippen LogP contribution in [0.4, 0.5) is 4.39 Å². The molecule has 1 aromatic carbocycles. The second-order valence-corrected chi connectivity index (χ2v) is 5.50. The number of carbonyl (C=O) groups excluding carboxylic acids is 1. The molecule has 1 saturated heterocycles. The topological polar surface area (TPSA) is 44.4 Å². The summed E-state index contributed by atoms with van der Waals surface area (Å²) in [5.41, 5.74) is 0.835. The second-order valence-electron chi connectivity index (χ2n) is 5.09. The average molecular weight is 300 g/mol. The number of likely N-dealkylation sites (N-methyl/N-ethyl adjacent to an activating group) is 2. The molecule has 2 rings (SSSR count). The van der Waals surface area contributed by atoms with Crippen LogP contribution in [-0.2, 0) is 4.79 Å². The van der Waals surface area contributed by atoms with Crippen LogP contribution in [0.15, 0.2) is 18.2 Å². The smallest absolute Gasteiger partial charge is 0.234 e. The van der Waals surface area contributed by atoms with Crippen LogP contribution in [0.3, 0.4) is 0 Å². The summed E-state index contributed by atoms with van der Waals surface area (Å²) in [6.45, 7) is 1.14. The number of hydrogen-bond acceptors (Lipinski definition) is 3. The molecule has 1 amide bonds. The Bertz CT molecular complexity index is 497. The van der Waals surface area contributed by atoms with Gasteiger partial charge in [0.15, 0.2) is 0 Å². The molecule has 2 atom stereocenters. The number of halogens is 2. The van der Waals surface area contributed by atoms with Crippen molar-refractivity contribution in [3.05, 3.63) is 34.6 Å². The van der Waals surface area contributed by atoms with Gasteiger partial charge in [-0.05, 0) is 38.2 Å². The summed E-state index contributed by atoms with van der Waals surface area (Å²) in [4.78, 5) is 13.8. The molecule has 0 aromatic heterocycles. The van der Waals surface area contributed by atoms with Crippen molar-refractivity contribution in [3.8, 4) is 0 Å². The number of hydrogen-bond donors (Lipinski definition) is 2. The number of benzene rings is 1. The van der Waals surface area contributed by atoms with Gasteiger partial charge >= 0.3 is 0 Å². The number of likely N-dealkylation sites (tertiary alicyclic amines) is 1. The highest BCUT2D eigenvalue weighted by molar-refractivity contribution is 6.30. The van der Waals surface area contributed by atoms with Gasteiger partial charge in [0.2, 0.25) is 5.91 Å². The van der Waals surface area contributed by atoms with E-state index in [1.807, 2.05) is 13.1 Å². The molecule has 2 N–H and O–H groups in total. The third kappa shape index (κ3) is 3.29.